The molecule has 1 amide bonds. The first kappa shape index (κ1) is 15.6. The number of piperidine rings is 1. The van der Waals surface area contributed by atoms with E-state index >= 15 is 0 Å². The average molecular weight is 320 g/mol. The zero-order valence-electron chi connectivity index (χ0n) is 13.0. The number of carbonyl (C=O) groups is 2. The number of likely N-dealkylation sites (tertiary alicyclic amines) is 1. The van der Waals surface area contributed by atoms with Gasteiger partial charge in [0.25, 0.3) is 0 Å². The van der Waals surface area contributed by atoms with Gasteiger partial charge in [-0.25, -0.2) is 4.79 Å². The zero-order valence-corrected chi connectivity index (χ0v) is 13.0. The molecular formula is C16H20N2O5. The van der Waals surface area contributed by atoms with Crippen LogP contribution in [0.15, 0.2) is 12.1 Å². The Morgan fingerprint density at radius 2 is 2.35 bits per heavy atom. The number of fused-ring (bicyclic) bond motifs is 1. The van der Waals surface area contributed by atoms with Crippen LogP contribution in [0.3, 0.4) is 0 Å². The third kappa shape index (κ3) is 3.24. The Bertz CT molecular complexity index is 631. The number of carbonyl (C=O) groups excluding carboxylic acids is 1. The first-order valence-corrected chi connectivity index (χ1v) is 7.66. The molecule has 124 valence electrons. The maximum Gasteiger partial charge on any atom is 0.404 e. The number of hydrogen-bond acceptors (Lipinski definition) is 5. The summed E-state index contributed by atoms with van der Waals surface area (Å²) in [7, 11) is 1.59. The summed E-state index contributed by atoms with van der Waals surface area (Å²) in [5.41, 5.74) is 1.45. The van der Waals surface area contributed by atoms with Crippen LogP contribution in [0.4, 0.5) is 4.79 Å². The number of ketones is 1. The molecule has 0 unspecified atom stereocenters. The van der Waals surface area contributed by atoms with Gasteiger partial charge in [0, 0.05) is 19.1 Å². The smallest absolute Gasteiger partial charge is 0.404 e. The minimum absolute atomic E-state index is 0.0204. The van der Waals surface area contributed by atoms with Crippen LogP contribution in [0.5, 0.6) is 11.5 Å². The molecule has 0 radical (unpaired) electrons. The Morgan fingerprint density at radius 3 is 3.09 bits per heavy atom. The molecule has 1 fully saturated rings. The van der Waals surface area contributed by atoms with Gasteiger partial charge in [-0.2, -0.15) is 0 Å². The normalized spacial score (nSPS) is 20.7. The molecule has 0 aromatic heterocycles. The molecule has 0 bridgehead atoms. The van der Waals surface area contributed by atoms with Crippen molar-refractivity contribution in [2.24, 2.45) is 0 Å². The Balaban J connectivity index is 1.79. The molecule has 0 aliphatic carbocycles. The number of Topliss-reactive ketones (excluding diaryl/α,β-unsaturated/α-hetero) is 1. The Hall–Kier alpha value is -2.28. The molecule has 2 aliphatic rings. The first-order valence-electron chi connectivity index (χ1n) is 7.66. The average Bonchev–Trinajstić information content (AvgIpc) is 2.89. The number of methoxy groups -OCH3 is 1. The predicted octanol–water partition coefficient (Wildman–Crippen LogP) is 1.50. The SMILES string of the molecule is COc1ccc2c(c1CN1CCC[C@H](NC(=O)O)C1)OCC2=O. The molecule has 23 heavy (non-hydrogen) atoms. The van der Waals surface area contributed by atoms with Gasteiger partial charge >= 0.3 is 6.09 Å². The Morgan fingerprint density at radius 1 is 1.52 bits per heavy atom. The summed E-state index contributed by atoms with van der Waals surface area (Å²) >= 11 is 0. The van der Waals surface area contributed by atoms with Crippen LogP contribution in [0, 0.1) is 0 Å². The lowest BCUT2D eigenvalue weighted by Gasteiger charge is -2.33. The van der Waals surface area contributed by atoms with Crippen LogP contribution in [0.25, 0.3) is 0 Å². The number of hydrogen-bond donors (Lipinski definition) is 2. The highest BCUT2D eigenvalue weighted by Gasteiger charge is 2.29. The van der Waals surface area contributed by atoms with Crippen molar-refractivity contribution in [3.05, 3.63) is 23.3 Å². The molecule has 2 N–H and O–H groups in total. The van der Waals surface area contributed by atoms with Gasteiger partial charge in [0.2, 0.25) is 5.78 Å². The van der Waals surface area contributed by atoms with Gasteiger partial charge < -0.3 is 19.9 Å². The fourth-order valence-electron chi connectivity index (χ4n) is 3.27. The number of ether oxygens (including phenoxy) is 2. The van der Waals surface area contributed by atoms with Gasteiger partial charge in [0.1, 0.15) is 11.5 Å². The zero-order chi connectivity index (χ0) is 16.4. The van der Waals surface area contributed by atoms with Crippen LogP contribution >= 0.6 is 0 Å². The largest absolute Gasteiger partial charge is 0.496 e. The molecule has 7 nitrogen and oxygen atoms in total. The molecule has 2 heterocycles. The topological polar surface area (TPSA) is 88.1 Å². The molecule has 2 aliphatic heterocycles. The predicted molar refractivity (Wildman–Crippen MR) is 82.3 cm³/mol. The van der Waals surface area contributed by atoms with E-state index in [1.54, 1.807) is 19.2 Å². The maximum atomic E-state index is 11.8. The van der Waals surface area contributed by atoms with Crippen molar-refractivity contribution in [2.75, 3.05) is 26.8 Å². The molecule has 1 aromatic rings. The molecular weight excluding hydrogens is 300 g/mol. The lowest BCUT2D eigenvalue weighted by Crippen LogP contribution is -2.47. The second-order valence-electron chi connectivity index (χ2n) is 5.86. The second-order valence-corrected chi connectivity index (χ2v) is 5.86. The van der Waals surface area contributed by atoms with Crippen molar-refractivity contribution in [3.63, 3.8) is 0 Å². The number of rotatable bonds is 4. The van der Waals surface area contributed by atoms with E-state index in [1.807, 2.05) is 0 Å². The van der Waals surface area contributed by atoms with Crippen LogP contribution in [-0.4, -0.2) is 54.7 Å². The summed E-state index contributed by atoms with van der Waals surface area (Å²) in [6.45, 7) is 2.14. The summed E-state index contributed by atoms with van der Waals surface area (Å²) in [6.07, 6.45) is 0.758. The fourth-order valence-corrected chi connectivity index (χ4v) is 3.27. The minimum atomic E-state index is -0.996. The van der Waals surface area contributed by atoms with Gasteiger partial charge in [-0.05, 0) is 31.5 Å². The molecule has 1 atom stereocenters. The molecule has 1 saturated heterocycles. The molecule has 7 heteroatoms. The van der Waals surface area contributed by atoms with Gasteiger partial charge in [-0.3, -0.25) is 9.69 Å². The van der Waals surface area contributed by atoms with E-state index in [4.69, 9.17) is 14.6 Å². The summed E-state index contributed by atoms with van der Waals surface area (Å²) in [5, 5.41) is 11.4. The van der Waals surface area contributed by atoms with E-state index < -0.39 is 6.09 Å². The molecule has 1 aromatic carbocycles. The highest BCUT2D eigenvalue weighted by molar-refractivity contribution is 6.03. The van der Waals surface area contributed by atoms with Crippen molar-refractivity contribution in [2.45, 2.75) is 25.4 Å². The van der Waals surface area contributed by atoms with Crippen molar-refractivity contribution in [1.29, 1.82) is 0 Å². The van der Waals surface area contributed by atoms with Gasteiger partial charge in [-0.1, -0.05) is 0 Å². The van der Waals surface area contributed by atoms with Gasteiger partial charge in [-0.15, -0.1) is 0 Å². The standard InChI is InChI=1S/C16H20N2O5/c1-22-14-5-4-11-13(19)9-23-15(11)12(14)8-18-6-2-3-10(7-18)17-16(20)21/h4-5,10,17H,2-3,6-9H2,1H3,(H,20,21)/t10-/m0/s1. The third-order valence-electron chi connectivity index (χ3n) is 4.30. The van der Waals surface area contributed by atoms with E-state index in [2.05, 4.69) is 10.2 Å². The van der Waals surface area contributed by atoms with Crippen LogP contribution in [-0.2, 0) is 6.54 Å². The Labute approximate surface area is 134 Å². The fraction of sp³-hybridized carbons (Fsp3) is 0.500. The number of amides is 1. The summed E-state index contributed by atoms with van der Waals surface area (Å²) in [4.78, 5) is 24.8. The van der Waals surface area contributed by atoms with Gasteiger partial charge in [0.05, 0.1) is 18.2 Å². The van der Waals surface area contributed by atoms with E-state index in [0.29, 0.717) is 30.2 Å². The highest BCUT2D eigenvalue weighted by Crippen LogP contribution is 2.37. The monoisotopic (exact) mass is 320 g/mol. The lowest BCUT2D eigenvalue weighted by atomic mass is 10.0. The minimum Gasteiger partial charge on any atom is -0.496 e. The lowest BCUT2D eigenvalue weighted by molar-refractivity contribution is 0.0960. The van der Waals surface area contributed by atoms with Crippen molar-refractivity contribution >= 4 is 11.9 Å². The van der Waals surface area contributed by atoms with Gasteiger partial charge in [0.15, 0.2) is 6.61 Å². The van der Waals surface area contributed by atoms with Crippen molar-refractivity contribution in [3.8, 4) is 11.5 Å². The molecule has 0 saturated carbocycles. The molecule has 3 rings (SSSR count). The summed E-state index contributed by atoms with van der Waals surface area (Å²) < 4.78 is 11.0. The molecule has 0 spiro atoms. The van der Waals surface area contributed by atoms with Crippen LogP contribution in [0.2, 0.25) is 0 Å². The van der Waals surface area contributed by atoms with E-state index in [9.17, 15) is 9.59 Å². The quantitative estimate of drug-likeness (QED) is 0.874. The van der Waals surface area contributed by atoms with Crippen LogP contribution < -0.4 is 14.8 Å². The highest BCUT2D eigenvalue weighted by atomic mass is 16.5. The second kappa shape index (κ2) is 6.45. The number of carboxylic acid groups (broad SMARTS) is 1. The number of nitrogens with zero attached hydrogens (tertiary/aromatic N) is 1. The van der Waals surface area contributed by atoms with E-state index in [-0.39, 0.29) is 18.4 Å². The van der Waals surface area contributed by atoms with Crippen LogP contribution in [0.1, 0.15) is 28.8 Å². The van der Waals surface area contributed by atoms with E-state index in [1.165, 1.54) is 0 Å². The maximum absolute atomic E-state index is 11.8. The van der Waals surface area contributed by atoms with Crippen molar-refractivity contribution in [1.82, 2.24) is 10.2 Å². The third-order valence-corrected chi connectivity index (χ3v) is 4.30. The summed E-state index contributed by atoms with van der Waals surface area (Å²) in [6, 6.07) is 3.45. The summed E-state index contributed by atoms with van der Waals surface area (Å²) in [5.74, 6) is 1.27. The van der Waals surface area contributed by atoms with E-state index in [0.717, 1.165) is 24.9 Å². The first-order chi connectivity index (χ1) is 11.1. The number of benzene rings is 1. The van der Waals surface area contributed by atoms with Crippen molar-refractivity contribution < 1.29 is 24.2 Å². The number of nitrogens with one attached hydrogen (secondary N) is 1. The Kier molecular flexibility index (Phi) is 4.38.